The molecule has 8 nitrogen and oxygen atoms in total. The SMILES string of the molecule is COC(=O)[C@H](N)Cc1cnc(N)c([N+](=O)[O-])c1. The van der Waals surface area contributed by atoms with Gasteiger partial charge in [0.25, 0.3) is 0 Å². The highest BCUT2D eigenvalue weighted by Gasteiger charge is 2.18. The molecule has 0 aliphatic rings. The van der Waals surface area contributed by atoms with E-state index in [2.05, 4.69) is 9.72 Å². The number of carbonyl (C=O) groups excluding carboxylic acids is 1. The summed E-state index contributed by atoms with van der Waals surface area (Å²) in [5.41, 5.74) is 11.0. The topological polar surface area (TPSA) is 134 Å². The highest BCUT2D eigenvalue weighted by Crippen LogP contribution is 2.20. The quantitative estimate of drug-likeness (QED) is 0.415. The summed E-state index contributed by atoms with van der Waals surface area (Å²) in [5, 5.41) is 10.6. The van der Waals surface area contributed by atoms with Crippen molar-refractivity contribution in [3.05, 3.63) is 27.9 Å². The Bertz CT molecular complexity index is 449. The maximum atomic E-state index is 11.1. The first-order valence-electron chi connectivity index (χ1n) is 4.68. The Labute approximate surface area is 96.7 Å². The number of nitro groups is 1. The van der Waals surface area contributed by atoms with Crippen molar-refractivity contribution in [3.8, 4) is 0 Å². The number of nitrogens with zero attached hydrogens (tertiary/aromatic N) is 2. The van der Waals surface area contributed by atoms with Gasteiger partial charge in [0.1, 0.15) is 6.04 Å². The van der Waals surface area contributed by atoms with Crippen LogP contribution >= 0.6 is 0 Å². The fourth-order valence-electron chi connectivity index (χ4n) is 1.25. The molecule has 0 bridgehead atoms. The van der Waals surface area contributed by atoms with Crippen molar-refractivity contribution in [1.82, 2.24) is 4.98 Å². The van der Waals surface area contributed by atoms with Gasteiger partial charge in [-0.2, -0.15) is 0 Å². The van der Waals surface area contributed by atoms with E-state index in [0.717, 1.165) is 0 Å². The largest absolute Gasteiger partial charge is 0.468 e. The maximum absolute atomic E-state index is 11.1. The third kappa shape index (κ3) is 3.11. The predicted molar refractivity (Wildman–Crippen MR) is 59.0 cm³/mol. The van der Waals surface area contributed by atoms with Crippen LogP contribution in [0.5, 0.6) is 0 Å². The Hall–Kier alpha value is -2.22. The number of aromatic nitrogens is 1. The molecule has 8 heteroatoms. The molecule has 0 radical (unpaired) electrons. The van der Waals surface area contributed by atoms with Gasteiger partial charge in [-0.05, 0) is 12.0 Å². The molecule has 1 aromatic heterocycles. The number of pyridine rings is 1. The van der Waals surface area contributed by atoms with Crippen molar-refractivity contribution in [2.75, 3.05) is 12.8 Å². The van der Waals surface area contributed by atoms with Gasteiger partial charge in [0.05, 0.1) is 12.0 Å². The van der Waals surface area contributed by atoms with Crippen LogP contribution in [0.2, 0.25) is 0 Å². The zero-order chi connectivity index (χ0) is 13.0. The molecule has 4 N–H and O–H groups in total. The van der Waals surface area contributed by atoms with Gasteiger partial charge in [-0.15, -0.1) is 0 Å². The molecule has 0 unspecified atom stereocenters. The Morgan fingerprint density at radius 1 is 1.71 bits per heavy atom. The second kappa shape index (κ2) is 5.21. The summed E-state index contributed by atoms with van der Waals surface area (Å²) in [6.07, 6.45) is 1.44. The number of hydrogen-bond donors (Lipinski definition) is 2. The van der Waals surface area contributed by atoms with Crippen LogP contribution in [-0.2, 0) is 16.0 Å². The molecular weight excluding hydrogens is 228 g/mol. The van der Waals surface area contributed by atoms with E-state index >= 15 is 0 Å². The summed E-state index contributed by atoms with van der Waals surface area (Å²) in [6.45, 7) is 0. The molecule has 1 rings (SSSR count). The third-order valence-corrected chi connectivity index (χ3v) is 2.11. The number of rotatable bonds is 4. The molecule has 17 heavy (non-hydrogen) atoms. The van der Waals surface area contributed by atoms with Gasteiger partial charge in [0.15, 0.2) is 0 Å². The minimum absolute atomic E-state index is 0.0980. The van der Waals surface area contributed by atoms with Gasteiger partial charge < -0.3 is 16.2 Å². The van der Waals surface area contributed by atoms with Crippen LogP contribution in [0.4, 0.5) is 11.5 Å². The van der Waals surface area contributed by atoms with Crippen LogP contribution in [0.15, 0.2) is 12.3 Å². The number of nitrogen functional groups attached to an aromatic ring is 1. The molecule has 92 valence electrons. The molecule has 0 aromatic carbocycles. The summed E-state index contributed by atoms with van der Waals surface area (Å²) < 4.78 is 4.44. The Kier molecular flexibility index (Phi) is 3.94. The molecule has 0 fully saturated rings. The van der Waals surface area contributed by atoms with Gasteiger partial charge in [0.2, 0.25) is 5.82 Å². The monoisotopic (exact) mass is 240 g/mol. The highest BCUT2D eigenvalue weighted by atomic mass is 16.6. The zero-order valence-electron chi connectivity index (χ0n) is 9.12. The van der Waals surface area contributed by atoms with Gasteiger partial charge in [-0.3, -0.25) is 14.9 Å². The van der Waals surface area contributed by atoms with Crippen LogP contribution in [0.25, 0.3) is 0 Å². The number of nitrogens with two attached hydrogens (primary N) is 2. The summed E-state index contributed by atoms with van der Waals surface area (Å²) in [5.74, 6) is -0.769. The first-order valence-corrected chi connectivity index (χ1v) is 4.68. The molecule has 0 aliphatic heterocycles. The molecule has 0 saturated carbocycles. The molecule has 0 aliphatic carbocycles. The molecule has 0 saturated heterocycles. The summed E-state index contributed by atoms with van der Waals surface area (Å²) in [6, 6.07) is 0.357. The van der Waals surface area contributed by atoms with E-state index in [9.17, 15) is 14.9 Å². The van der Waals surface area contributed by atoms with Crippen LogP contribution in [0.1, 0.15) is 5.56 Å². The number of ether oxygens (including phenoxy) is 1. The second-order valence-corrected chi connectivity index (χ2v) is 3.34. The summed E-state index contributed by atoms with van der Waals surface area (Å²) in [4.78, 5) is 24.7. The fraction of sp³-hybridized carbons (Fsp3) is 0.333. The lowest BCUT2D eigenvalue weighted by Crippen LogP contribution is -2.33. The van der Waals surface area contributed by atoms with Gasteiger partial charge in [0, 0.05) is 12.3 Å². The van der Waals surface area contributed by atoms with E-state index in [1.807, 2.05) is 0 Å². The van der Waals surface area contributed by atoms with E-state index in [4.69, 9.17) is 11.5 Å². The van der Waals surface area contributed by atoms with Crippen LogP contribution < -0.4 is 11.5 Å². The van der Waals surface area contributed by atoms with Crippen molar-refractivity contribution >= 4 is 17.5 Å². The Balaban J connectivity index is 2.90. The molecule has 1 atom stereocenters. The van der Waals surface area contributed by atoms with E-state index in [1.54, 1.807) is 0 Å². The Morgan fingerprint density at radius 3 is 2.88 bits per heavy atom. The van der Waals surface area contributed by atoms with E-state index in [1.165, 1.54) is 19.4 Å². The number of esters is 1. The standard InChI is InChI=1S/C9H12N4O4/c1-17-9(14)6(10)2-5-3-7(13(15)16)8(11)12-4-5/h3-4,6H,2,10H2,1H3,(H2,11,12)/t6-/m1/s1. The lowest BCUT2D eigenvalue weighted by atomic mass is 10.1. The van der Waals surface area contributed by atoms with Crippen LogP contribution in [0, 0.1) is 10.1 Å². The van der Waals surface area contributed by atoms with E-state index in [-0.39, 0.29) is 17.9 Å². The van der Waals surface area contributed by atoms with Crippen LogP contribution in [-0.4, -0.2) is 29.0 Å². The van der Waals surface area contributed by atoms with Crippen LogP contribution in [0.3, 0.4) is 0 Å². The van der Waals surface area contributed by atoms with E-state index < -0.39 is 16.9 Å². The van der Waals surface area contributed by atoms with Gasteiger partial charge in [-0.25, -0.2) is 4.98 Å². The zero-order valence-corrected chi connectivity index (χ0v) is 9.12. The second-order valence-electron chi connectivity index (χ2n) is 3.34. The van der Waals surface area contributed by atoms with Gasteiger partial charge >= 0.3 is 11.7 Å². The number of anilines is 1. The number of carbonyl (C=O) groups is 1. The third-order valence-electron chi connectivity index (χ3n) is 2.11. The van der Waals surface area contributed by atoms with Gasteiger partial charge in [-0.1, -0.05) is 0 Å². The summed E-state index contributed by atoms with van der Waals surface area (Å²) in [7, 11) is 1.21. The highest BCUT2D eigenvalue weighted by molar-refractivity contribution is 5.75. The minimum atomic E-state index is -0.884. The first-order chi connectivity index (χ1) is 7.95. The lowest BCUT2D eigenvalue weighted by Gasteiger charge is -2.08. The average Bonchev–Trinajstić information content (AvgIpc) is 2.30. The molecular formula is C9H12N4O4. The Morgan fingerprint density at radius 2 is 2.35 bits per heavy atom. The van der Waals surface area contributed by atoms with Crippen molar-refractivity contribution in [2.24, 2.45) is 5.73 Å². The smallest absolute Gasteiger partial charge is 0.322 e. The average molecular weight is 240 g/mol. The fourth-order valence-corrected chi connectivity index (χ4v) is 1.25. The van der Waals surface area contributed by atoms with Crippen molar-refractivity contribution in [3.63, 3.8) is 0 Å². The molecule has 1 aromatic rings. The minimum Gasteiger partial charge on any atom is -0.468 e. The molecule has 1 heterocycles. The number of hydrogen-bond acceptors (Lipinski definition) is 7. The summed E-state index contributed by atoms with van der Waals surface area (Å²) >= 11 is 0. The van der Waals surface area contributed by atoms with E-state index in [0.29, 0.717) is 5.56 Å². The van der Waals surface area contributed by atoms with Crippen molar-refractivity contribution in [1.29, 1.82) is 0 Å². The molecule has 0 amide bonds. The lowest BCUT2D eigenvalue weighted by molar-refractivity contribution is -0.384. The number of methoxy groups -OCH3 is 1. The van der Waals surface area contributed by atoms with Crippen molar-refractivity contribution in [2.45, 2.75) is 12.5 Å². The molecule has 0 spiro atoms. The first kappa shape index (κ1) is 12.8. The van der Waals surface area contributed by atoms with Crippen molar-refractivity contribution < 1.29 is 14.5 Å². The predicted octanol–water partition coefficient (Wildman–Crippen LogP) is -0.385. The maximum Gasteiger partial charge on any atom is 0.322 e. The normalized spacial score (nSPS) is 11.9.